The van der Waals surface area contributed by atoms with E-state index in [1.807, 2.05) is 55.3 Å². The summed E-state index contributed by atoms with van der Waals surface area (Å²) in [6.07, 6.45) is 1.31. The Morgan fingerprint density at radius 3 is 2.70 bits per heavy atom. The van der Waals surface area contributed by atoms with Gasteiger partial charge in [0.1, 0.15) is 35.4 Å². The summed E-state index contributed by atoms with van der Waals surface area (Å²) in [7, 11) is 5.57. The molecule has 6 rings (SSSR count). The van der Waals surface area contributed by atoms with Crippen molar-refractivity contribution in [2.24, 2.45) is 0 Å². The van der Waals surface area contributed by atoms with Crippen LogP contribution in [-0.2, 0) is 22.6 Å². The molecule has 5 aromatic rings. The normalized spacial score (nSPS) is 14.6. The fourth-order valence-corrected chi connectivity index (χ4v) is 6.97. The van der Waals surface area contributed by atoms with E-state index in [4.69, 9.17) is 19.6 Å². The van der Waals surface area contributed by atoms with Crippen LogP contribution in [0, 0.1) is 11.6 Å². The first kappa shape index (κ1) is 31.5. The molecule has 0 saturated heterocycles. The van der Waals surface area contributed by atoms with Gasteiger partial charge >= 0.3 is 0 Å². The van der Waals surface area contributed by atoms with Crippen molar-refractivity contribution >= 4 is 27.3 Å². The Hall–Kier alpha value is -4.45. The molecule has 0 radical (unpaired) electrons. The number of carbonyl (C=O) groups is 1. The maximum absolute atomic E-state index is 16.0. The number of hydrogen-bond acceptors (Lipinski definition) is 7. The summed E-state index contributed by atoms with van der Waals surface area (Å²) in [4.78, 5) is 21.7. The summed E-state index contributed by atoms with van der Waals surface area (Å²) in [5.74, 6) is -1.64. The molecular weight excluding hydrogens is 608 g/mol. The summed E-state index contributed by atoms with van der Waals surface area (Å²) in [5.41, 5.74) is 5.08. The van der Waals surface area contributed by atoms with Crippen LogP contribution in [0.3, 0.4) is 0 Å². The lowest BCUT2D eigenvalue weighted by Crippen LogP contribution is -2.40. The minimum atomic E-state index is -0.772. The second-order valence-electron chi connectivity index (χ2n) is 11.5. The molecule has 0 saturated carbocycles. The highest BCUT2D eigenvalue weighted by atomic mass is 32.1. The third-order valence-corrected chi connectivity index (χ3v) is 9.01. The number of pyridine rings is 1. The van der Waals surface area contributed by atoms with Crippen LogP contribution in [0.25, 0.3) is 43.9 Å². The van der Waals surface area contributed by atoms with Crippen molar-refractivity contribution in [3.8, 4) is 39.5 Å². The lowest BCUT2D eigenvalue weighted by molar-refractivity contribution is -0.129. The van der Waals surface area contributed by atoms with Crippen LogP contribution in [0.2, 0.25) is 0 Å². The number of benzene rings is 2. The van der Waals surface area contributed by atoms with Crippen LogP contribution < -0.4 is 4.74 Å². The lowest BCUT2D eigenvalue weighted by atomic mass is 9.96. The summed E-state index contributed by atoms with van der Waals surface area (Å²) in [6, 6.07) is 13.9. The molecule has 1 unspecified atom stereocenters. The maximum atomic E-state index is 16.0. The largest absolute Gasteiger partial charge is 0.490 e. The van der Waals surface area contributed by atoms with Gasteiger partial charge in [0.05, 0.1) is 36.1 Å². The molecule has 1 aliphatic heterocycles. The molecule has 1 amide bonds. The van der Waals surface area contributed by atoms with Gasteiger partial charge in [-0.2, -0.15) is 5.10 Å². The molecule has 0 bridgehead atoms. The number of hydrogen-bond donors (Lipinski definition) is 0. The first-order valence-electron chi connectivity index (χ1n) is 15.0. The molecule has 46 heavy (non-hydrogen) atoms. The number of aromatic nitrogens is 3. The van der Waals surface area contributed by atoms with Gasteiger partial charge in [0.15, 0.2) is 0 Å². The van der Waals surface area contributed by atoms with Gasteiger partial charge < -0.3 is 19.3 Å². The number of methoxy groups -OCH3 is 1. The van der Waals surface area contributed by atoms with Crippen LogP contribution in [0.5, 0.6) is 5.75 Å². The van der Waals surface area contributed by atoms with Crippen molar-refractivity contribution < 1.29 is 23.0 Å². The van der Waals surface area contributed by atoms with Gasteiger partial charge in [-0.15, -0.1) is 11.3 Å². The molecule has 0 N–H and O–H groups in total. The lowest BCUT2D eigenvalue weighted by Gasteiger charge is -2.33. The topological polar surface area (TPSA) is 72.7 Å². The molecule has 1 aliphatic rings. The van der Waals surface area contributed by atoms with E-state index in [1.165, 1.54) is 30.6 Å². The predicted molar refractivity (Wildman–Crippen MR) is 177 cm³/mol. The summed E-state index contributed by atoms with van der Waals surface area (Å²) in [5, 5.41) is 7.72. The number of amides is 1. The average Bonchev–Trinajstić information content (AvgIpc) is 3.69. The summed E-state index contributed by atoms with van der Waals surface area (Å²) in [6.45, 7) is 7.63. The van der Waals surface area contributed by atoms with Crippen LogP contribution >= 0.6 is 11.3 Å². The minimum absolute atomic E-state index is 0.0492. The fraction of sp³-hybridized carbons (Fsp3) is 0.286. The minimum Gasteiger partial charge on any atom is -0.490 e. The third-order valence-electron chi connectivity index (χ3n) is 8.08. The molecule has 11 heteroatoms. The Balaban J connectivity index is 1.62. The SMILES string of the molecule is C=CC(=O)N1CCn2nc(-c3nc(-c4cccc(CN(C)C)c4)c4ccsc4c3-c3c(F)cc(F)cc3OCCOC)cc2C1C. The van der Waals surface area contributed by atoms with Gasteiger partial charge in [0.25, 0.3) is 0 Å². The maximum Gasteiger partial charge on any atom is 0.246 e. The van der Waals surface area contributed by atoms with Crippen LogP contribution in [-0.4, -0.2) is 71.4 Å². The molecule has 0 spiro atoms. The van der Waals surface area contributed by atoms with Crippen molar-refractivity contribution in [1.82, 2.24) is 24.6 Å². The standard InChI is InChI=1S/C35H35F2N5O3S/c1-6-30(43)41-11-12-42-28(21(41)2)19-27(39-42)34-32(31-26(37)17-24(36)18-29(31)45-14-13-44-5)35-25(10-15-46-35)33(38-34)23-9-7-8-22(16-23)20-40(3)4/h6-10,15-19,21H,1,11-14,20H2,2-5H3. The van der Waals surface area contributed by atoms with Crippen molar-refractivity contribution in [2.45, 2.75) is 26.1 Å². The number of nitrogens with zero attached hydrogens (tertiary/aromatic N) is 5. The summed E-state index contributed by atoms with van der Waals surface area (Å²) < 4.78 is 44.4. The molecule has 0 aliphatic carbocycles. The first-order valence-corrected chi connectivity index (χ1v) is 15.9. The molecule has 8 nitrogen and oxygen atoms in total. The quantitative estimate of drug-likeness (QED) is 0.121. The Bertz CT molecular complexity index is 1940. The van der Waals surface area contributed by atoms with Crippen LogP contribution in [0.1, 0.15) is 24.2 Å². The number of rotatable bonds is 10. The first-order chi connectivity index (χ1) is 22.2. The van der Waals surface area contributed by atoms with E-state index in [2.05, 4.69) is 23.6 Å². The highest BCUT2D eigenvalue weighted by Crippen LogP contribution is 2.47. The number of thiophene rings is 1. The fourth-order valence-electron chi connectivity index (χ4n) is 6.02. The smallest absolute Gasteiger partial charge is 0.246 e. The molecule has 238 valence electrons. The monoisotopic (exact) mass is 643 g/mol. The molecular formula is C35H35F2N5O3S. The van der Waals surface area contributed by atoms with Crippen molar-refractivity contribution in [1.29, 1.82) is 0 Å². The average molecular weight is 644 g/mol. The van der Waals surface area contributed by atoms with E-state index in [0.717, 1.165) is 45.2 Å². The molecule has 1 atom stereocenters. The molecule has 0 fully saturated rings. The highest BCUT2D eigenvalue weighted by Gasteiger charge is 2.31. The van der Waals surface area contributed by atoms with E-state index in [1.54, 1.807) is 4.90 Å². The molecule has 3 aromatic heterocycles. The van der Waals surface area contributed by atoms with Gasteiger partial charge in [-0.1, -0.05) is 24.8 Å². The van der Waals surface area contributed by atoms with Gasteiger partial charge in [-0.25, -0.2) is 13.8 Å². The van der Waals surface area contributed by atoms with Gasteiger partial charge in [-0.3, -0.25) is 9.48 Å². The van der Waals surface area contributed by atoms with Crippen molar-refractivity contribution in [3.63, 3.8) is 0 Å². The second-order valence-corrected chi connectivity index (χ2v) is 12.4. The molecule has 4 heterocycles. The highest BCUT2D eigenvalue weighted by molar-refractivity contribution is 7.18. The van der Waals surface area contributed by atoms with Crippen LogP contribution in [0.4, 0.5) is 8.78 Å². The zero-order valence-corrected chi connectivity index (χ0v) is 27.0. The predicted octanol–water partition coefficient (Wildman–Crippen LogP) is 6.95. The van der Waals surface area contributed by atoms with Crippen LogP contribution in [0.15, 0.2) is 66.6 Å². The Morgan fingerprint density at radius 2 is 1.93 bits per heavy atom. The number of halogens is 2. The van der Waals surface area contributed by atoms with Gasteiger partial charge in [-0.05, 0) is 56.2 Å². The zero-order valence-electron chi connectivity index (χ0n) is 26.2. The van der Waals surface area contributed by atoms with Crippen molar-refractivity contribution in [3.05, 3.63) is 89.5 Å². The second kappa shape index (κ2) is 13.1. The van der Waals surface area contributed by atoms with E-state index >= 15 is 4.39 Å². The summed E-state index contributed by atoms with van der Waals surface area (Å²) >= 11 is 1.45. The number of fused-ring (bicyclic) bond motifs is 2. The third kappa shape index (κ3) is 5.93. The Labute approximate surface area is 270 Å². The number of ether oxygens (including phenoxy) is 2. The Kier molecular flexibility index (Phi) is 8.99. The zero-order chi connectivity index (χ0) is 32.5. The Morgan fingerprint density at radius 1 is 1.11 bits per heavy atom. The van der Waals surface area contributed by atoms with E-state index in [9.17, 15) is 9.18 Å². The molecule has 2 aromatic carbocycles. The van der Waals surface area contributed by atoms with E-state index < -0.39 is 11.6 Å². The van der Waals surface area contributed by atoms with Gasteiger partial charge in [0, 0.05) is 53.5 Å². The van der Waals surface area contributed by atoms with E-state index in [-0.39, 0.29) is 36.5 Å². The van der Waals surface area contributed by atoms with E-state index in [0.29, 0.717) is 30.0 Å². The number of carbonyl (C=O) groups excluding carboxylic acids is 1. The van der Waals surface area contributed by atoms with Gasteiger partial charge in [0.2, 0.25) is 5.91 Å². The van der Waals surface area contributed by atoms with Crippen molar-refractivity contribution in [2.75, 3.05) is 41.0 Å².